The lowest BCUT2D eigenvalue weighted by Crippen LogP contribution is -2.41. The van der Waals surface area contributed by atoms with Gasteiger partial charge in [0.15, 0.2) is 0 Å². The summed E-state index contributed by atoms with van der Waals surface area (Å²) in [6.07, 6.45) is 1.64. The molecule has 0 spiro atoms. The molecule has 1 aromatic heterocycles. The zero-order chi connectivity index (χ0) is 15.1. The Morgan fingerprint density at radius 1 is 1.25 bits per heavy atom. The number of carbonyl (C=O) groups excluding carboxylic acids is 1. The summed E-state index contributed by atoms with van der Waals surface area (Å²) in [4.78, 5) is 16.5. The van der Waals surface area contributed by atoms with E-state index in [1.54, 1.807) is 19.3 Å². The lowest BCUT2D eigenvalue weighted by Gasteiger charge is -2.32. The number of aromatic nitrogens is 1. The van der Waals surface area contributed by atoms with Crippen LogP contribution in [-0.2, 0) is 9.31 Å². The Morgan fingerprint density at radius 3 is 2.20 bits per heavy atom. The van der Waals surface area contributed by atoms with Gasteiger partial charge in [0.2, 0.25) is 0 Å². The van der Waals surface area contributed by atoms with Crippen molar-refractivity contribution in [2.45, 2.75) is 38.9 Å². The average molecular weight is 277 g/mol. The molecule has 0 radical (unpaired) electrons. The Balaban J connectivity index is 2.18. The minimum atomic E-state index is -0.555. The monoisotopic (exact) mass is 277 g/mol. The Bertz CT molecular complexity index is 500. The fraction of sp³-hybridized carbons (Fsp3) is 0.538. The van der Waals surface area contributed by atoms with E-state index in [4.69, 9.17) is 15.0 Å². The summed E-state index contributed by atoms with van der Waals surface area (Å²) in [5, 5.41) is 0. The van der Waals surface area contributed by atoms with Gasteiger partial charge in [-0.2, -0.15) is 0 Å². The van der Waals surface area contributed by atoms with Crippen molar-refractivity contribution in [3.8, 4) is 0 Å². The first-order valence-corrected chi connectivity index (χ1v) is 6.49. The Labute approximate surface area is 119 Å². The molecule has 20 heavy (non-hydrogen) atoms. The van der Waals surface area contributed by atoms with E-state index in [1.807, 2.05) is 33.8 Å². The van der Waals surface area contributed by atoms with Gasteiger partial charge in [-0.05, 0) is 33.8 Å². The highest BCUT2D eigenvalue weighted by Crippen LogP contribution is 2.36. The Morgan fingerprint density at radius 2 is 1.80 bits per heavy atom. The van der Waals surface area contributed by atoms with Crippen LogP contribution >= 0.6 is 0 Å². The van der Waals surface area contributed by atoms with Crippen LogP contribution in [0, 0.1) is 0 Å². The topological polar surface area (TPSA) is 77.7 Å². The first kappa shape index (κ1) is 14.8. The van der Waals surface area contributed by atoms with Crippen LogP contribution in [-0.4, -0.2) is 36.4 Å². The number of primary amides is 1. The molecule has 7 heteroatoms. The minimum Gasteiger partial charge on any atom is -0.399 e. The molecule has 2 heterocycles. The van der Waals surface area contributed by atoms with E-state index < -0.39 is 13.1 Å². The zero-order valence-electron chi connectivity index (χ0n) is 12.5. The second kappa shape index (κ2) is 4.75. The molecule has 2 amide bonds. The van der Waals surface area contributed by atoms with E-state index in [2.05, 4.69) is 4.98 Å². The third kappa shape index (κ3) is 2.51. The smallest absolute Gasteiger partial charge is 0.399 e. The molecular formula is C13H20BN3O3. The molecule has 1 aliphatic rings. The van der Waals surface area contributed by atoms with Crippen molar-refractivity contribution < 1.29 is 14.1 Å². The van der Waals surface area contributed by atoms with Crippen LogP contribution in [0.15, 0.2) is 18.3 Å². The maximum atomic E-state index is 11.1. The fourth-order valence-corrected chi connectivity index (χ4v) is 1.83. The number of amides is 2. The summed E-state index contributed by atoms with van der Waals surface area (Å²) in [5.41, 5.74) is 5.23. The first-order valence-electron chi connectivity index (χ1n) is 6.49. The van der Waals surface area contributed by atoms with Gasteiger partial charge >= 0.3 is 13.1 Å². The molecule has 0 saturated carbocycles. The van der Waals surface area contributed by atoms with Gasteiger partial charge in [0.25, 0.3) is 0 Å². The van der Waals surface area contributed by atoms with Crippen molar-refractivity contribution in [2.24, 2.45) is 5.73 Å². The highest BCUT2D eigenvalue weighted by atomic mass is 16.7. The SMILES string of the molecule is CN(C(N)=O)c1ccc(B2OC(C)(C)C(C)(C)O2)cn1. The lowest BCUT2D eigenvalue weighted by molar-refractivity contribution is 0.00578. The average Bonchev–Trinajstić information content (AvgIpc) is 2.57. The van der Waals surface area contributed by atoms with Gasteiger partial charge in [-0.25, -0.2) is 9.78 Å². The van der Waals surface area contributed by atoms with E-state index >= 15 is 0 Å². The third-order valence-electron chi connectivity index (χ3n) is 3.97. The Kier molecular flexibility index (Phi) is 3.52. The maximum Gasteiger partial charge on any atom is 0.496 e. The summed E-state index contributed by atoms with van der Waals surface area (Å²) in [6, 6.07) is 2.98. The highest BCUT2D eigenvalue weighted by Gasteiger charge is 2.51. The van der Waals surface area contributed by atoms with Crippen LogP contribution in [0.3, 0.4) is 0 Å². The predicted octanol–water partition coefficient (Wildman–Crippen LogP) is 0.896. The number of urea groups is 1. The summed E-state index contributed by atoms with van der Waals surface area (Å²) >= 11 is 0. The number of hydrogen-bond donors (Lipinski definition) is 1. The van der Waals surface area contributed by atoms with Crippen molar-refractivity contribution in [3.05, 3.63) is 18.3 Å². The van der Waals surface area contributed by atoms with Crippen molar-refractivity contribution >= 4 is 24.4 Å². The summed E-state index contributed by atoms with van der Waals surface area (Å²) in [7, 11) is 1.11. The van der Waals surface area contributed by atoms with Gasteiger partial charge in [-0.1, -0.05) is 6.07 Å². The predicted molar refractivity (Wildman–Crippen MR) is 77.9 cm³/mol. The molecule has 108 valence electrons. The number of pyridine rings is 1. The zero-order valence-corrected chi connectivity index (χ0v) is 12.5. The molecule has 0 bridgehead atoms. The molecule has 6 nitrogen and oxygen atoms in total. The summed E-state index contributed by atoms with van der Waals surface area (Å²) in [5.74, 6) is 0.484. The van der Waals surface area contributed by atoms with E-state index in [1.165, 1.54) is 4.90 Å². The normalized spacial score (nSPS) is 19.9. The molecule has 2 rings (SSSR count). The van der Waals surface area contributed by atoms with Gasteiger partial charge in [0.1, 0.15) is 5.82 Å². The van der Waals surface area contributed by atoms with Crippen molar-refractivity contribution in [1.29, 1.82) is 0 Å². The van der Waals surface area contributed by atoms with Gasteiger partial charge < -0.3 is 15.0 Å². The van der Waals surface area contributed by atoms with Crippen LogP contribution < -0.4 is 16.1 Å². The van der Waals surface area contributed by atoms with Gasteiger partial charge in [0, 0.05) is 18.7 Å². The highest BCUT2D eigenvalue weighted by molar-refractivity contribution is 6.62. The molecule has 1 fully saturated rings. The van der Waals surface area contributed by atoms with Crippen molar-refractivity contribution in [3.63, 3.8) is 0 Å². The van der Waals surface area contributed by atoms with E-state index in [0.29, 0.717) is 5.82 Å². The minimum absolute atomic E-state index is 0.389. The van der Waals surface area contributed by atoms with Crippen LogP contribution in [0.4, 0.5) is 10.6 Å². The Hall–Kier alpha value is -1.60. The number of nitrogens with zero attached hydrogens (tertiary/aromatic N) is 2. The van der Waals surface area contributed by atoms with Gasteiger partial charge in [-0.3, -0.25) is 4.90 Å². The van der Waals surface area contributed by atoms with Crippen LogP contribution in [0.5, 0.6) is 0 Å². The third-order valence-corrected chi connectivity index (χ3v) is 3.97. The molecule has 0 aromatic carbocycles. The molecule has 1 saturated heterocycles. The standard InChI is InChI=1S/C13H20BN3O3/c1-12(2)13(3,4)20-14(19-12)9-6-7-10(16-8-9)17(5)11(15)18/h6-8H,1-5H3,(H2,15,18). The number of hydrogen-bond acceptors (Lipinski definition) is 4. The van der Waals surface area contributed by atoms with Crippen LogP contribution in [0.25, 0.3) is 0 Å². The van der Waals surface area contributed by atoms with Gasteiger partial charge in [0.05, 0.1) is 11.2 Å². The van der Waals surface area contributed by atoms with Crippen LogP contribution in [0.2, 0.25) is 0 Å². The summed E-state index contributed by atoms with van der Waals surface area (Å²) < 4.78 is 11.9. The van der Waals surface area contributed by atoms with Crippen molar-refractivity contribution in [2.75, 3.05) is 11.9 Å². The molecule has 1 aromatic rings. The number of rotatable bonds is 2. The molecule has 2 N–H and O–H groups in total. The molecule has 1 aliphatic heterocycles. The van der Waals surface area contributed by atoms with Crippen LogP contribution in [0.1, 0.15) is 27.7 Å². The fourth-order valence-electron chi connectivity index (χ4n) is 1.83. The molecular weight excluding hydrogens is 257 g/mol. The second-order valence-electron chi connectivity index (χ2n) is 5.94. The number of anilines is 1. The molecule has 0 atom stereocenters. The second-order valence-corrected chi connectivity index (χ2v) is 5.94. The summed E-state index contributed by atoms with van der Waals surface area (Å²) in [6.45, 7) is 7.98. The largest absolute Gasteiger partial charge is 0.496 e. The molecule has 0 unspecified atom stereocenters. The maximum absolute atomic E-state index is 11.1. The van der Waals surface area contributed by atoms with Crippen molar-refractivity contribution in [1.82, 2.24) is 4.98 Å². The molecule has 0 aliphatic carbocycles. The van der Waals surface area contributed by atoms with Gasteiger partial charge in [-0.15, -0.1) is 0 Å². The van der Waals surface area contributed by atoms with E-state index in [-0.39, 0.29) is 11.2 Å². The first-order chi connectivity index (χ1) is 9.14. The van der Waals surface area contributed by atoms with E-state index in [9.17, 15) is 4.79 Å². The lowest BCUT2D eigenvalue weighted by atomic mass is 9.80. The number of nitrogens with two attached hydrogens (primary N) is 1. The van der Waals surface area contributed by atoms with E-state index in [0.717, 1.165) is 5.46 Å². The quantitative estimate of drug-likeness (QED) is 0.814. The number of carbonyl (C=O) groups is 1.